The highest BCUT2D eigenvalue weighted by molar-refractivity contribution is 6.31. The first-order chi connectivity index (χ1) is 19.6. The largest absolute Gasteiger partial charge is 0.597 e. The SMILES string of the molecule is Cc1ccc(C(O/N=C(\[O-])OCC2c3ccccc3-c3ccccc32)(c2ccccc2)c2ccccc2Cl)cc1. The molecular formula is C35H27ClNO3-. The number of benzene rings is 5. The van der Waals surface area contributed by atoms with Crippen LogP contribution >= 0.6 is 11.6 Å². The van der Waals surface area contributed by atoms with E-state index >= 15 is 0 Å². The molecule has 0 aromatic heterocycles. The molecule has 5 aromatic carbocycles. The van der Waals surface area contributed by atoms with Crippen LogP contribution in [0.4, 0.5) is 0 Å². The Morgan fingerprint density at radius 1 is 0.725 bits per heavy atom. The van der Waals surface area contributed by atoms with Gasteiger partial charge in [-0.3, -0.25) is 0 Å². The highest BCUT2D eigenvalue weighted by Gasteiger charge is 2.41. The van der Waals surface area contributed by atoms with Gasteiger partial charge in [-0.15, -0.1) is 0 Å². The van der Waals surface area contributed by atoms with Crippen molar-refractivity contribution in [3.05, 3.63) is 166 Å². The number of rotatable bonds is 7. The van der Waals surface area contributed by atoms with Gasteiger partial charge in [-0.1, -0.05) is 144 Å². The van der Waals surface area contributed by atoms with Gasteiger partial charge in [0, 0.05) is 34.2 Å². The summed E-state index contributed by atoms with van der Waals surface area (Å²) < 4.78 is 5.73. The number of oxime groups is 1. The Hall–Kier alpha value is -4.54. The van der Waals surface area contributed by atoms with E-state index in [9.17, 15) is 5.11 Å². The fourth-order valence-electron chi connectivity index (χ4n) is 5.57. The van der Waals surface area contributed by atoms with E-state index in [-0.39, 0.29) is 12.5 Å². The van der Waals surface area contributed by atoms with Gasteiger partial charge in [0.15, 0.2) is 6.08 Å². The number of hydrogen-bond acceptors (Lipinski definition) is 4. The molecule has 0 heterocycles. The maximum atomic E-state index is 13.2. The summed E-state index contributed by atoms with van der Waals surface area (Å²) in [5, 5.41) is 17.7. The van der Waals surface area contributed by atoms with Crippen LogP contribution < -0.4 is 5.11 Å². The molecule has 0 fully saturated rings. The van der Waals surface area contributed by atoms with Crippen molar-refractivity contribution < 1.29 is 14.7 Å². The summed E-state index contributed by atoms with van der Waals surface area (Å²) in [6.45, 7) is 2.17. The van der Waals surface area contributed by atoms with E-state index in [2.05, 4.69) is 29.4 Å². The first-order valence-electron chi connectivity index (χ1n) is 13.2. The number of fused-ring (bicyclic) bond motifs is 3. The van der Waals surface area contributed by atoms with Gasteiger partial charge < -0.3 is 14.7 Å². The Morgan fingerprint density at radius 2 is 1.27 bits per heavy atom. The van der Waals surface area contributed by atoms with E-state index in [1.165, 1.54) is 0 Å². The second-order valence-electron chi connectivity index (χ2n) is 9.88. The van der Waals surface area contributed by atoms with Gasteiger partial charge in [0.2, 0.25) is 5.60 Å². The van der Waals surface area contributed by atoms with Crippen LogP contribution in [-0.2, 0) is 15.2 Å². The van der Waals surface area contributed by atoms with Crippen molar-refractivity contribution in [2.75, 3.05) is 6.61 Å². The van der Waals surface area contributed by atoms with Crippen molar-refractivity contribution in [1.29, 1.82) is 0 Å². The van der Waals surface area contributed by atoms with Crippen LogP contribution in [-0.4, -0.2) is 12.7 Å². The lowest BCUT2D eigenvalue weighted by atomic mass is 9.80. The number of aryl methyl sites for hydroxylation is 1. The van der Waals surface area contributed by atoms with Crippen LogP contribution in [0.15, 0.2) is 133 Å². The van der Waals surface area contributed by atoms with Crippen molar-refractivity contribution in [3.8, 4) is 11.1 Å². The lowest BCUT2D eigenvalue weighted by Crippen LogP contribution is -2.33. The molecule has 0 radical (unpaired) electrons. The summed E-state index contributed by atoms with van der Waals surface area (Å²) in [7, 11) is 0. The summed E-state index contributed by atoms with van der Waals surface area (Å²) in [5.74, 6) is -0.0777. The van der Waals surface area contributed by atoms with Crippen molar-refractivity contribution in [2.24, 2.45) is 5.16 Å². The van der Waals surface area contributed by atoms with E-state index < -0.39 is 11.7 Å². The van der Waals surface area contributed by atoms with Gasteiger partial charge >= 0.3 is 0 Å². The van der Waals surface area contributed by atoms with E-state index in [1.807, 2.05) is 104 Å². The van der Waals surface area contributed by atoms with Gasteiger partial charge in [0.1, 0.15) is 0 Å². The molecule has 0 spiro atoms. The molecule has 4 nitrogen and oxygen atoms in total. The molecule has 5 aromatic rings. The standard InChI is InChI=1S/C35H28ClNO3/c1-24-19-21-26(22-20-24)35(25-11-3-2-4-12-25,32-17-9-10-18-33(32)36)40-37-34(38)39-23-31-29-15-7-5-13-27(29)28-14-6-8-16-30(28)31/h2-22,31H,23H2,1H3,(H,37,38)/p-1. The first kappa shape index (κ1) is 25.7. The molecule has 198 valence electrons. The maximum absolute atomic E-state index is 13.2. The zero-order valence-electron chi connectivity index (χ0n) is 22.0. The Labute approximate surface area is 239 Å². The molecular weight excluding hydrogens is 518 g/mol. The third-order valence-corrected chi connectivity index (χ3v) is 7.81. The number of halogens is 1. The van der Waals surface area contributed by atoms with Crippen LogP contribution in [0, 0.1) is 6.92 Å². The molecule has 0 saturated heterocycles. The van der Waals surface area contributed by atoms with Gasteiger partial charge in [-0.2, -0.15) is 0 Å². The lowest BCUT2D eigenvalue weighted by Gasteiger charge is -2.34. The fraction of sp³-hybridized carbons (Fsp3) is 0.114. The minimum absolute atomic E-state index is 0.0777. The Kier molecular flexibility index (Phi) is 7.02. The van der Waals surface area contributed by atoms with Gasteiger partial charge in [-0.05, 0) is 35.2 Å². The number of hydrogen-bond donors (Lipinski definition) is 0. The monoisotopic (exact) mass is 544 g/mol. The molecule has 6 rings (SSSR count). The average Bonchev–Trinajstić information content (AvgIpc) is 3.32. The molecule has 0 aliphatic heterocycles. The third kappa shape index (κ3) is 4.61. The molecule has 0 bridgehead atoms. The average molecular weight is 545 g/mol. The highest BCUT2D eigenvalue weighted by atomic mass is 35.5. The van der Waals surface area contributed by atoms with Crippen LogP contribution in [0.25, 0.3) is 11.1 Å². The Morgan fingerprint density at radius 3 is 1.93 bits per heavy atom. The molecule has 0 saturated carbocycles. The van der Waals surface area contributed by atoms with Gasteiger partial charge in [0.25, 0.3) is 0 Å². The summed E-state index contributed by atoms with van der Waals surface area (Å²) in [4.78, 5) is 6.29. The van der Waals surface area contributed by atoms with Crippen LogP contribution in [0.2, 0.25) is 5.02 Å². The van der Waals surface area contributed by atoms with Crippen LogP contribution in [0.5, 0.6) is 0 Å². The van der Waals surface area contributed by atoms with Crippen LogP contribution in [0.3, 0.4) is 0 Å². The molecule has 1 atom stereocenters. The normalized spacial score (nSPS) is 14.2. The van der Waals surface area contributed by atoms with E-state index in [0.717, 1.165) is 38.9 Å². The zero-order valence-corrected chi connectivity index (χ0v) is 22.7. The molecule has 1 aliphatic rings. The van der Waals surface area contributed by atoms with Crippen molar-refractivity contribution in [2.45, 2.75) is 18.4 Å². The smallest absolute Gasteiger partial charge is 0.214 e. The quantitative estimate of drug-likeness (QED) is 0.0927. The fourth-order valence-corrected chi connectivity index (χ4v) is 5.84. The Bertz CT molecular complexity index is 1620. The van der Waals surface area contributed by atoms with Crippen molar-refractivity contribution in [1.82, 2.24) is 0 Å². The highest BCUT2D eigenvalue weighted by Crippen LogP contribution is 2.45. The molecule has 1 unspecified atom stereocenters. The lowest BCUT2D eigenvalue weighted by molar-refractivity contribution is -0.257. The van der Waals surface area contributed by atoms with Crippen molar-refractivity contribution in [3.63, 3.8) is 0 Å². The molecule has 0 N–H and O–H groups in total. The summed E-state index contributed by atoms with van der Waals surface area (Å²) >= 11 is 6.76. The minimum atomic E-state index is -1.28. The number of ether oxygens (including phenoxy) is 1. The summed E-state index contributed by atoms with van der Waals surface area (Å²) in [5.41, 5.74) is 6.63. The topological polar surface area (TPSA) is 53.9 Å². The van der Waals surface area contributed by atoms with E-state index in [4.69, 9.17) is 21.2 Å². The Balaban J connectivity index is 1.37. The molecule has 1 aliphatic carbocycles. The second kappa shape index (κ2) is 10.9. The molecule has 5 heteroatoms. The van der Waals surface area contributed by atoms with Gasteiger partial charge in [-0.25, -0.2) is 0 Å². The van der Waals surface area contributed by atoms with E-state index in [1.54, 1.807) is 6.07 Å². The van der Waals surface area contributed by atoms with Crippen molar-refractivity contribution >= 4 is 17.7 Å². The second-order valence-corrected chi connectivity index (χ2v) is 10.3. The summed E-state index contributed by atoms with van der Waals surface area (Å²) in [6.07, 6.45) is -0.804. The maximum Gasteiger partial charge on any atom is 0.214 e. The first-order valence-corrected chi connectivity index (χ1v) is 13.6. The zero-order chi connectivity index (χ0) is 27.5. The predicted octanol–water partition coefficient (Wildman–Crippen LogP) is 7.42. The molecule has 0 amide bonds. The third-order valence-electron chi connectivity index (χ3n) is 7.48. The minimum Gasteiger partial charge on any atom is -0.597 e. The molecule has 40 heavy (non-hydrogen) atoms. The van der Waals surface area contributed by atoms with E-state index in [0.29, 0.717) is 10.6 Å². The van der Waals surface area contributed by atoms with Crippen LogP contribution in [0.1, 0.15) is 39.3 Å². The van der Waals surface area contributed by atoms with Gasteiger partial charge in [0.05, 0.1) is 0 Å². The number of nitrogens with zero attached hydrogens (tertiary/aromatic N) is 1. The summed E-state index contributed by atoms with van der Waals surface area (Å²) in [6, 6.07) is 41.5. The predicted molar refractivity (Wildman–Crippen MR) is 157 cm³/mol.